The molecule has 0 spiro atoms. The molecule has 0 saturated heterocycles. The maximum absolute atomic E-state index is 12.4. The van der Waals surface area contributed by atoms with Gasteiger partial charge >= 0.3 is 11.4 Å². The Balaban J connectivity index is 2.24. The Morgan fingerprint density at radius 2 is 1.52 bits per heavy atom. The summed E-state index contributed by atoms with van der Waals surface area (Å²) in [5, 5.41) is 24.8. The lowest BCUT2D eigenvalue weighted by Gasteiger charge is -2.20. The van der Waals surface area contributed by atoms with E-state index in [0.29, 0.717) is 10.6 Å². The minimum Gasteiger partial charge on any atom is -0.353 e. The van der Waals surface area contributed by atoms with Crippen molar-refractivity contribution in [2.45, 2.75) is 9.79 Å². The van der Waals surface area contributed by atoms with Crippen LogP contribution >= 0.6 is 0 Å². The number of para-hydroxylation sites is 1. The maximum Gasteiger partial charge on any atom is 0.348 e. The number of nitro benzene ring substituents is 2. The smallest absolute Gasteiger partial charge is 0.348 e. The zero-order chi connectivity index (χ0) is 15.1. The summed E-state index contributed by atoms with van der Waals surface area (Å²) in [4.78, 5) is 20.8. The summed E-state index contributed by atoms with van der Waals surface area (Å²) in [6.07, 6.45) is 0. The molecule has 1 atom stereocenters. The summed E-state index contributed by atoms with van der Waals surface area (Å²) < 4.78 is 12.4. The summed E-state index contributed by atoms with van der Waals surface area (Å²) in [7, 11) is -1.63. The number of hydrogen-bond donors (Lipinski definition) is 1. The Hall–Kier alpha value is -2.81. The Labute approximate surface area is 120 Å². The molecule has 9 heteroatoms. The van der Waals surface area contributed by atoms with Gasteiger partial charge in [0.25, 0.3) is 0 Å². The molecule has 1 N–H and O–H groups in total. The zero-order valence-electron chi connectivity index (χ0n) is 10.3. The lowest BCUT2D eigenvalue weighted by atomic mass is 10.2. The molecule has 21 heavy (non-hydrogen) atoms. The number of nitro groups is 2. The van der Waals surface area contributed by atoms with E-state index in [4.69, 9.17) is 0 Å². The average molecular weight is 305 g/mol. The van der Waals surface area contributed by atoms with Gasteiger partial charge in [0.1, 0.15) is 0 Å². The first-order valence-corrected chi connectivity index (χ1v) is 6.88. The first-order chi connectivity index (χ1) is 9.99. The monoisotopic (exact) mass is 305 g/mol. The number of nitrogens with one attached hydrogen (secondary N) is 1. The van der Waals surface area contributed by atoms with Crippen molar-refractivity contribution in [2.75, 3.05) is 5.32 Å². The minimum atomic E-state index is -1.63. The molecule has 1 heterocycles. The van der Waals surface area contributed by atoms with Crippen LogP contribution < -0.4 is 5.32 Å². The molecule has 0 amide bonds. The summed E-state index contributed by atoms with van der Waals surface area (Å²) in [5.41, 5.74) is -0.508. The summed E-state index contributed by atoms with van der Waals surface area (Å²) in [5.74, 6) is 0. The number of rotatable bonds is 2. The maximum atomic E-state index is 12.4. The number of fused-ring (bicyclic) bond motifs is 2. The summed E-state index contributed by atoms with van der Waals surface area (Å²) in [6.45, 7) is 0. The second kappa shape index (κ2) is 4.63. The standard InChI is InChI=1S/C12H7N3O5S/c16-14(17)9-5-8-12(6-10(9)15(18)19)21(20)11-4-2-1-3-7(11)13-8/h1-6,13H. The Kier molecular flexibility index (Phi) is 2.91. The lowest BCUT2D eigenvalue weighted by Crippen LogP contribution is -2.10. The Bertz CT molecular complexity index is 821. The van der Waals surface area contributed by atoms with Crippen molar-refractivity contribution in [3.05, 3.63) is 56.6 Å². The van der Waals surface area contributed by atoms with Gasteiger partial charge in [-0.05, 0) is 12.1 Å². The third-order valence-corrected chi connectivity index (χ3v) is 4.52. The molecule has 1 aliphatic rings. The van der Waals surface area contributed by atoms with Gasteiger partial charge in [-0.2, -0.15) is 0 Å². The van der Waals surface area contributed by atoms with Crippen LogP contribution in [0.5, 0.6) is 0 Å². The quantitative estimate of drug-likeness (QED) is 0.575. The van der Waals surface area contributed by atoms with Crippen LogP contribution in [-0.4, -0.2) is 14.1 Å². The predicted octanol–water partition coefficient (Wildman–Crippen LogP) is 2.73. The predicted molar refractivity (Wildman–Crippen MR) is 74.1 cm³/mol. The van der Waals surface area contributed by atoms with Crippen molar-refractivity contribution in [1.29, 1.82) is 0 Å². The average Bonchev–Trinajstić information content (AvgIpc) is 2.46. The van der Waals surface area contributed by atoms with E-state index < -0.39 is 32.0 Å². The van der Waals surface area contributed by atoms with E-state index in [1.165, 1.54) is 0 Å². The number of hydrogen-bond acceptors (Lipinski definition) is 6. The van der Waals surface area contributed by atoms with Crippen molar-refractivity contribution in [3.63, 3.8) is 0 Å². The minimum absolute atomic E-state index is 0.158. The topological polar surface area (TPSA) is 115 Å². The van der Waals surface area contributed by atoms with Crippen molar-refractivity contribution in [1.82, 2.24) is 0 Å². The highest BCUT2D eigenvalue weighted by Gasteiger charge is 2.31. The van der Waals surface area contributed by atoms with E-state index in [9.17, 15) is 24.4 Å². The van der Waals surface area contributed by atoms with E-state index in [2.05, 4.69) is 5.32 Å². The largest absolute Gasteiger partial charge is 0.353 e. The van der Waals surface area contributed by atoms with Crippen LogP contribution in [0.2, 0.25) is 0 Å². The van der Waals surface area contributed by atoms with Gasteiger partial charge < -0.3 is 5.32 Å². The van der Waals surface area contributed by atoms with E-state index in [1.807, 2.05) is 0 Å². The molecule has 0 saturated carbocycles. The van der Waals surface area contributed by atoms with E-state index in [-0.39, 0.29) is 10.6 Å². The van der Waals surface area contributed by atoms with Crippen LogP contribution in [0.25, 0.3) is 0 Å². The van der Waals surface area contributed by atoms with Gasteiger partial charge in [-0.3, -0.25) is 20.2 Å². The van der Waals surface area contributed by atoms with Crippen LogP contribution in [0, 0.1) is 20.2 Å². The molecule has 0 fully saturated rings. The molecule has 2 aromatic carbocycles. The number of nitrogens with zero attached hydrogens (tertiary/aromatic N) is 2. The first kappa shape index (κ1) is 13.2. The molecular weight excluding hydrogens is 298 g/mol. The Morgan fingerprint density at radius 3 is 2.19 bits per heavy atom. The van der Waals surface area contributed by atoms with Gasteiger partial charge in [0, 0.05) is 12.1 Å². The molecule has 106 valence electrons. The van der Waals surface area contributed by atoms with Crippen LogP contribution in [0.4, 0.5) is 22.7 Å². The van der Waals surface area contributed by atoms with Crippen molar-refractivity contribution in [2.24, 2.45) is 0 Å². The van der Waals surface area contributed by atoms with Crippen LogP contribution in [0.15, 0.2) is 46.2 Å². The number of benzene rings is 2. The van der Waals surface area contributed by atoms with Crippen LogP contribution in [-0.2, 0) is 10.8 Å². The first-order valence-electron chi connectivity index (χ1n) is 5.73. The van der Waals surface area contributed by atoms with Gasteiger partial charge in [0.15, 0.2) is 0 Å². The number of anilines is 2. The fourth-order valence-corrected chi connectivity index (χ4v) is 3.38. The van der Waals surface area contributed by atoms with Crippen molar-refractivity contribution in [3.8, 4) is 0 Å². The van der Waals surface area contributed by atoms with Gasteiger partial charge in [-0.25, -0.2) is 4.21 Å². The molecule has 1 aliphatic heterocycles. The molecule has 2 aromatic rings. The third kappa shape index (κ3) is 2.03. The Morgan fingerprint density at radius 1 is 0.905 bits per heavy atom. The fraction of sp³-hybridized carbons (Fsp3) is 0. The fourth-order valence-electron chi connectivity index (χ4n) is 2.10. The summed E-state index contributed by atoms with van der Waals surface area (Å²) >= 11 is 0. The van der Waals surface area contributed by atoms with Gasteiger partial charge in [0.05, 0.1) is 41.8 Å². The second-order valence-corrected chi connectivity index (χ2v) is 5.66. The van der Waals surface area contributed by atoms with Gasteiger partial charge in [-0.1, -0.05) is 12.1 Å². The molecule has 0 radical (unpaired) electrons. The third-order valence-electron chi connectivity index (χ3n) is 3.03. The van der Waals surface area contributed by atoms with Crippen molar-refractivity contribution < 1.29 is 14.1 Å². The molecular formula is C12H7N3O5S. The van der Waals surface area contributed by atoms with E-state index in [0.717, 1.165) is 12.1 Å². The highest BCUT2D eigenvalue weighted by Crippen LogP contribution is 2.42. The molecule has 0 bridgehead atoms. The highest BCUT2D eigenvalue weighted by atomic mass is 32.2. The molecule has 0 aromatic heterocycles. The van der Waals surface area contributed by atoms with Crippen LogP contribution in [0.1, 0.15) is 0 Å². The van der Waals surface area contributed by atoms with E-state index in [1.54, 1.807) is 24.3 Å². The second-order valence-electron chi connectivity index (χ2n) is 4.24. The molecule has 3 rings (SSSR count). The summed E-state index contributed by atoms with van der Waals surface area (Å²) in [6, 6.07) is 8.78. The zero-order valence-corrected chi connectivity index (χ0v) is 11.1. The molecule has 8 nitrogen and oxygen atoms in total. The van der Waals surface area contributed by atoms with Gasteiger partial charge in [-0.15, -0.1) is 0 Å². The normalized spacial score (nSPS) is 15.5. The lowest BCUT2D eigenvalue weighted by molar-refractivity contribution is -0.422. The van der Waals surface area contributed by atoms with Crippen LogP contribution in [0.3, 0.4) is 0 Å². The molecule has 1 unspecified atom stereocenters. The highest BCUT2D eigenvalue weighted by molar-refractivity contribution is 7.85. The van der Waals surface area contributed by atoms with Crippen molar-refractivity contribution >= 4 is 33.5 Å². The SMILES string of the molecule is O=[N+]([O-])c1cc2c(cc1[N+](=O)[O-])S(=O)c1ccccc1N2. The van der Waals surface area contributed by atoms with E-state index >= 15 is 0 Å². The van der Waals surface area contributed by atoms with Gasteiger partial charge in [0.2, 0.25) is 0 Å². The molecule has 0 aliphatic carbocycles.